The van der Waals surface area contributed by atoms with Gasteiger partial charge in [0.15, 0.2) is 0 Å². The second kappa shape index (κ2) is 6.00. The van der Waals surface area contributed by atoms with E-state index in [9.17, 15) is 0 Å². The fourth-order valence-electron chi connectivity index (χ4n) is 2.15. The number of hydrogen-bond acceptors (Lipinski definition) is 5. The highest BCUT2D eigenvalue weighted by Gasteiger charge is 2.16. The van der Waals surface area contributed by atoms with Crippen LogP contribution in [-0.2, 0) is 6.42 Å². The summed E-state index contributed by atoms with van der Waals surface area (Å²) in [6, 6.07) is 0.250. The molecule has 1 aromatic heterocycles. The number of hydrogen-bond donors (Lipinski definition) is 1. The first-order valence-corrected chi connectivity index (χ1v) is 6.59. The van der Waals surface area contributed by atoms with Crippen LogP contribution in [0.15, 0.2) is 4.52 Å². The molecule has 5 heteroatoms. The van der Waals surface area contributed by atoms with E-state index in [0.717, 1.165) is 44.2 Å². The normalized spacial score (nSPS) is 18.4. The van der Waals surface area contributed by atoms with E-state index < -0.39 is 0 Å². The second-order valence-corrected chi connectivity index (χ2v) is 4.91. The molecule has 0 spiro atoms. The van der Waals surface area contributed by atoms with E-state index in [4.69, 9.17) is 10.3 Å². The minimum absolute atomic E-state index is 0.250. The highest BCUT2D eigenvalue weighted by Crippen LogP contribution is 2.16. The summed E-state index contributed by atoms with van der Waals surface area (Å²) >= 11 is 0. The molecule has 0 saturated carbocycles. The highest BCUT2D eigenvalue weighted by atomic mass is 16.5. The fourth-order valence-corrected chi connectivity index (χ4v) is 2.15. The van der Waals surface area contributed by atoms with E-state index >= 15 is 0 Å². The summed E-state index contributed by atoms with van der Waals surface area (Å²) in [4.78, 5) is 6.65. The van der Waals surface area contributed by atoms with Crippen molar-refractivity contribution in [2.24, 2.45) is 5.73 Å². The summed E-state index contributed by atoms with van der Waals surface area (Å²) in [5.74, 6) is 1.51. The lowest BCUT2D eigenvalue weighted by Gasteiger charge is -2.24. The molecule has 1 aliphatic heterocycles. The smallest absolute Gasteiger partial charge is 0.266 e. The van der Waals surface area contributed by atoms with E-state index in [2.05, 4.69) is 15.0 Å². The average molecular weight is 238 g/mol. The Morgan fingerprint density at radius 3 is 2.82 bits per heavy atom. The third-order valence-electron chi connectivity index (χ3n) is 3.15. The minimum atomic E-state index is 0.250. The largest absolute Gasteiger partial charge is 0.338 e. The zero-order chi connectivity index (χ0) is 12.1. The molecule has 0 radical (unpaired) electrons. The topological polar surface area (TPSA) is 68.2 Å². The third-order valence-corrected chi connectivity index (χ3v) is 3.15. The van der Waals surface area contributed by atoms with Crippen molar-refractivity contribution in [3.63, 3.8) is 0 Å². The first kappa shape index (κ1) is 12.4. The van der Waals surface area contributed by atoms with Crippen molar-refractivity contribution in [1.82, 2.24) is 10.1 Å². The van der Waals surface area contributed by atoms with Gasteiger partial charge in [0.2, 0.25) is 5.89 Å². The summed E-state index contributed by atoms with van der Waals surface area (Å²) in [6.07, 6.45) is 6.63. The molecule has 1 saturated heterocycles. The molecule has 96 valence electrons. The Hall–Kier alpha value is -1.10. The van der Waals surface area contributed by atoms with Crippen molar-refractivity contribution in [2.45, 2.75) is 51.5 Å². The van der Waals surface area contributed by atoms with Crippen LogP contribution in [0.4, 0.5) is 5.95 Å². The number of nitrogens with zero attached hydrogens (tertiary/aromatic N) is 3. The van der Waals surface area contributed by atoms with E-state index in [0.29, 0.717) is 0 Å². The van der Waals surface area contributed by atoms with E-state index in [1.807, 2.05) is 6.92 Å². The second-order valence-electron chi connectivity index (χ2n) is 4.91. The maximum Gasteiger partial charge on any atom is 0.266 e. The number of nitrogens with two attached hydrogens (primary N) is 1. The summed E-state index contributed by atoms with van der Waals surface area (Å²) < 4.78 is 5.26. The van der Waals surface area contributed by atoms with Crippen molar-refractivity contribution < 1.29 is 4.52 Å². The van der Waals surface area contributed by atoms with Crippen LogP contribution in [0.2, 0.25) is 0 Å². The van der Waals surface area contributed by atoms with Crippen LogP contribution >= 0.6 is 0 Å². The summed E-state index contributed by atoms with van der Waals surface area (Å²) in [5.41, 5.74) is 5.70. The molecule has 0 aromatic carbocycles. The van der Waals surface area contributed by atoms with E-state index in [1.165, 1.54) is 19.3 Å². The average Bonchev–Trinajstić information content (AvgIpc) is 2.78. The van der Waals surface area contributed by atoms with E-state index in [1.54, 1.807) is 0 Å². The van der Waals surface area contributed by atoms with Crippen molar-refractivity contribution >= 4 is 5.95 Å². The molecule has 0 amide bonds. The number of rotatable bonds is 5. The van der Waals surface area contributed by atoms with Crippen molar-refractivity contribution in [3.8, 4) is 0 Å². The molecule has 1 atom stereocenters. The Labute approximate surface area is 102 Å². The van der Waals surface area contributed by atoms with Crippen LogP contribution in [0.5, 0.6) is 0 Å². The lowest BCUT2D eigenvalue weighted by Crippen LogP contribution is -2.30. The molecule has 2 rings (SSSR count). The number of anilines is 1. The van der Waals surface area contributed by atoms with Crippen LogP contribution in [0, 0.1) is 0 Å². The number of aryl methyl sites for hydroxylation is 1. The molecule has 1 aromatic rings. The van der Waals surface area contributed by atoms with E-state index in [-0.39, 0.29) is 6.04 Å². The van der Waals surface area contributed by atoms with Gasteiger partial charge < -0.3 is 15.2 Å². The Morgan fingerprint density at radius 2 is 2.12 bits per heavy atom. The van der Waals surface area contributed by atoms with Crippen molar-refractivity contribution in [3.05, 3.63) is 5.89 Å². The summed E-state index contributed by atoms with van der Waals surface area (Å²) in [6.45, 7) is 4.13. The van der Waals surface area contributed by atoms with Gasteiger partial charge in [-0.3, -0.25) is 0 Å². The summed E-state index contributed by atoms with van der Waals surface area (Å²) in [5, 5.41) is 4.05. The maximum absolute atomic E-state index is 5.70. The number of aromatic nitrogens is 2. The van der Waals surface area contributed by atoms with Gasteiger partial charge in [-0.1, -0.05) is 0 Å². The standard InChI is InChI=1S/C12H22N4O/c1-10(13)6-5-7-11-14-12(15-17-11)16-8-3-2-4-9-16/h10H,2-9,13H2,1H3. The first-order chi connectivity index (χ1) is 8.25. The molecule has 2 N–H and O–H groups in total. The highest BCUT2D eigenvalue weighted by molar-refractivity contribution is 5.27. The van der Waals surface area contributed by atoms with Crippen molar-refractivity contribution in [2.75, 3.05) is 18.0 Å². The molecule has 17 heavy (non-hydrogen) atoms. The molecule has 0 aliphatic carbocycles. The minimum Gasteiger partial charge on any atom is -0.338 e. The lowest BCUT2D eigenvalue weighted by molar-refractivity contribution is 0.371. The van der Waals surface area contributed by atoms with Gasteiger partial charge in [-0.15, -0.1) is 0 Å². The SMILES string of the molecule is CC(N)CCCc1nc(N2CCCCC2)no1. The van der Waals surface area contributed by atoms with Gasteiger partial charge in [-0.2, -0.15) is 4.98 Å². The molecule has 1 aliphatic rings. The number of piperidine rings is 1. The van der Waals surface area contributed by atoms with Crippen LogP contribution in [0.1, 0.15) is 44.9 Å². The quantitative estimate of drug-likeness (QED) is 0.846. The van der Waals surface area contributed by atoms with Crippen LogP contribution in [0.3, 0.4) is 0 Å². The first-order valence-electron chi connectivity index (χ1n) is 6.59. The molecule has 5 nitrogen and oxygen atoms in total. The molecule has 2 heterocycles. The monoisotopic (exact) mass is 238 g/mol. The van der Waals surface area contributed by atoms with Gasteiger partial charge in [0.1, 0.15) is 0 Å². The van der Waals surface area contributed by atoms with Gasteiger partial charge >= 0.3 is 0 Å². The molecule has 1 unspecified atom stereocenters. The van der Waals surface area contributed by atoms with Crippen LogP contribution < -0.4 is 10.6 Å². The Morgan fingerprint density at radius 1 is 1.35 bits per heavy atom. The van der Waals surface area contributed by atoms with Gasteiger partial charge in [-0.25, -0.2) is 0 Å². The zero-order valence-electron chi connectivity index (χ0n) is 10.6. The molecule has 0 bridgehead atoms. The van der Waals surface area contributed by atoms with Gasteiger partial charge in [0.05, 0.1) is 0 Å². The Kier molecular flexibility index (Phi) is 4.36. The molecular weight excluding hydrogens is 216 g/mol. The van der Waals surface area contributed by atoms with Gasteiger partial charge in [0, 0.05) is 25.6 Å². The molecule has 1 fully saturated rings. The maximum atomic E-state index is 5.70. The van der Waals surface area contributed by atoms with Crippen molar-refractivity contribution in [1.29, 1.82) is 0 Å². The Balaban J connectivity index is 1.82. The molecular formula is C12H22N4O. The Bertz CT molecular complexity index is 331. The fraction of sp³-hybridized carbons (Fsp3) is 0.833. The van der Waals surface area contributed by atoms with Gasteiger partial charge in [0.25, 0.3) is 5.95 Å². The lowest BCUT2D eigenvalue weighted by atomic mass is 10.1. The van der Waals surface area contributed by atoms with Crippen LogP contribution in [0.25, 0.3) is 0 Å². The van der Waals surface area contributed by atoms with Gasteiger partial charge in [-0.05, 0) is 44.2 Å². The predicted octanol–water partition coefficient (Wildman–Crippen LogP) is 1.73. The zero-order valence-corrected chi connectivity index (χ0v) is 10.6. The third kappa shape index (κ3) is 3.70. The van der Waals surface area contributed by atoms with Crippen LogP contribution in [-0.4, -0.2) is 29.3 Å². The summed E-state index contributed by atoms with van der Waals surface area (Å²) in [7, 11) is 0. The predicted molar refractivity (Wildman–Crippen MR) is 66.9 cm³/mol.